The maximum Gasteiger partial charge on any atom is 0.304 e. The number of rotatable bonds is 4. The lowest BCUT2D eigenvalue weighted by Gasteiger charge is -2.19. The lowest BCUT2D eigenvalue weighted by atomic mass is 10.1. The highest BCUT2D eigenvalue weighted by atomic mass is 33.1. The molecule has 0 rings (SSSR count). The third kappa shape index (κ3) is 4.99. The predicted octanol–water partition coefficient (Wildman–Crippen LogP) is 2.25. The largest absolute Gasteiger partial charge is 0.481 e. The van der Waals surface area contributed by atoms with Crippen LogP contribution in [0.25, 0.3) is 0 Å². The number of carboxylic acids is 1. The second kappa shape index (κ2) is 4.13. The van der Waals surface area contributed by atoms with E-state index in [1.807, 2.05) is 20.1 Å². The van der Waals surface area contributed by atoms with Crippen molar-refractivity contribution < 1.29 is 9.90 Å². The van der Waals surface area contributed by atoms with E-state index < -0.39 is 5.97 Å². The molecule has 0 amide bonds. The Hall–Kier alpha value is 0.170. The van der Waals surface area contributed by atoms with E-state index in [9.17, 15) is 4.79 Å². The van der Waals surface area contributed by atoms with Gasteiger partial charge >= 0.3 is 5.97 Å². The molecule has 0 aromatic rings. The highest BCUT2D eigenvalue weighted by Crippen LogP contribution is 2.35. The molecular weight excluding hydrogens is 168 g/mol. The molecule has 0 heterocycles. The first-order valence-corrected chi connectivity index (χ1v) is 5.47. The van der Waals surface area contributed by atoms with E-state index >= 15 is 0 Å². The van der Waals surface area contributed by atoms with E-state index in [1.54, 1.807) is 21.6 Å². The topological polar surface area (TPSA) is 37.3 Å². The smallest absolute Gasteiger partial charge is 0.304 e. The number of hydrogen-bond donors (Lipinski definition) is 1. The molecule has 0 spiro atoms. The van der Waals surface area contributed by atoms with E-state index in [-0.39, 0.29) is 11.2 Å². The molecule has 0 aromatic heterocycles. The van der Waals surface area contributed by atoms with E-state index in [0.717, 1.165) is 0 Å². The van der Waals surface area contributed by atoms with Gasteiger partial charge < -0.3 is 5.11 Å². The molecule has 0 aromatic carbocycles. The molecule has 0 aliphatic rings. The van der Waals surface area contributed by atoms with Crippen LogP contribution in [-0.4, -0.2) is 22.1 Å². The summed E-state index contributed by atoms with van der Waals surface area (Å²) in [6.07, 6.45) is 2.17. The Bertz CT molecular complexity index is 123. The van der Waals surface area contributed by atoms with Gasteiger partial charge in [-0.15, -0.1) is 0 Å². The van der Waals surface area contributed by atoms with Crippen LogP contribution in [0.2, 0.25) is 0 Å². The average molecular weight is 180 g/mol. The normalized spacial score (nSPS) is 11.5. The van der Waals surface area contributed by atoms with Crippen LogP contribution in [0.3, 0.4) is 0 Å². The van der Waals surface area contributed by atoms with Crippen molar-refractivity contribution in [3.8, 4) is 0 Å². The summed E-state index contributed by atoms with van der Waals surface area (Å²) in [7, 11) is 3.20. The number of aliphatic carboxylic acids is 1. The average Bonchev–Trinajstić information content (AvgIpc) is 1.59. The molecule has 0 atom stereocenters. The Morgan fingerprint density at radius 2 is 2.10 bits per heavy atom. The van der Waals surface area contributed by atoms with E-state index in [4.69, 9.17) is 5.11 Å². The summed E-state index contributed by atoms with van der Waals surface area (Å²) in [4.78, 5) is 10.3. The van der Waals surface area contributed by atoms with Gasteiger partial charge in [-0.1, -0.05) is 21.6 Å². The second-order valence-electron chi connectivity index (χ2n) is 2.58. The molecule has 4 heteroatoms. The first-order valence-electron chi connectivity index (χ1n) is 2.91. The quantitative estimate of drug-likeness (QED) is 0.673. The predicted molar refractivity (Wildman–Crippen MR) is 47.4 cm³/mol. The van der Waals surface area contributed by atoms with Gasteiger partial charge in [-0.25, -0.2) is 0 Å². The standard InChI is InChI=1S/C6H12O2S2/c1-6(2,10-9-3)4-5(7)8/h4H2,1-3H3,(H,7,8). The minimum absolute atomic E-state index is 0.148. The lowest BCUT2D eigenvalue weighted by molar-refractivity contribution is -0.137. The maximum atomic E-state index is 10.3. The SMILES string of the molecule is CSSC(C)(C)CC(=O)O. The monoisotopic (exact) mass is 180 g/mol. The molecule has 0 saturated heterocycles. The Kier molecular flexibility index (Phi) is 4.20. The lowest BCUT2D eigenvalue weighted by Crippen LogP contribution is -2.18. The number of carbonyl (C=O) groups is 1. The summed E-state index contributed by atoms with van der Waals surface area (Å²) in [5, 5.41) is 8.45. The van der Waals surface area contributed by atoms with Crippen LogP contribution in [0.4, 0.5) is 0 Å². The molecular formula is C6H12O2S2. The fourth-order valence-corrected chi connectivity index (χ4v) is 2.78. The van der Waals surface area contributed by atoms with Crippen molar-refractivity contribution in [1.29, 1.82) is 0 Å². The molecule has 2 nitrogen and oxygen atoms in total. The van der Waals surface area contributed by atoms with Crippen LogP contribution in [0.1, 0.15) is 20.3 Å². The van der Waals surface area contributed by atoms with Crippen molar-refractivity contribution in [2.45, 2.75) is 25.0 Å². The Morgan fingerprint density at radius 3 is 2.40 bits per heavy atom. The minimum Gasteiger partial charge on any atom is -0.481 e. The first-order chi connectivity index (χ1) is 4.48. The molecule has 0 bridgehead atoms. The Balaban J connectivity index is 3.74. The van der Waals surface area contributed by atoms with Crippen molar-refractivity contribution in [2.75, 3.05) is 6.26 Å². The van der Waals surface area contributed by atoms with Gasteiger partial charge in [0.1, 0.15) is 0 Å². The third-order valence-electron chi connectivity index (χ3n) is 0.886. The van der Waals surface area contributed by atoms with Gasteiger partial charge in [-0.2, -0.15) is 0 Å². The summed E-state index contributed by atoms with van der Waals surface area (Å²) in [6, 6.07) is 0. The van der Waals surface area contributed by atoms with Crippen LogP contribution >= 0.6 is 21.6 Å². The number of carboxylic acid groups (broad SMARTS) is 1. The molecule has 60 valence electrons. The number of hydrogen-bond acceptors (Lipinski definition) is 3. The first kappa shape index (κ1) is 10.2. The summed E-state index contributed by atoms with van der Waals surface area (Å²) in [5.74, 6) is -0.730. The molecule has 0 unspecified atom stereocenters. The Morgan fingerprint density at radius 1 is 1.60 bits per heavy atom. The maximum absolute atomic E-state index is 10.3. The summed E-state index contributed by atoms with van der Waals surface area (Å²) in [6.45, 7) is 3.87. The van der Waals surface area contributed by atoms with Gasteiger partial charge in [0, 0.05) is 4.75 Å². The zero-order valence-corrected chi connectivity index (χ0v) is 8.01. The zero-order chi connectivity index (χ0) is 8.20. The molecule has 0 aliphatic heterocycles. The highest BCUT2D eigenvalue weighted by Gasteiger charge is 2.21. The molecule has 0 radical (unpaired) electrons. The zero-order valence-electron chi connectivity index (χ0n) is 6.38. The highest BCUT2D eigenvalue weighted by molar-refractivity contribution is 8.76. The van der Waals surface area contributed by atoms with E-state index in [2.05, 4.69) is 0 Å². The van der Waals surface area contributed by atoms with Crippen LogP contribution in [0, 0.1) is 0 Å². The van der Waals surface area contributed by atoms with Gasteiger partial charge in [-0.05, 0) is 20.1 Å². The summed E-state index contributed by atoms with van der Waals surface area (Å²) < 4.78 is -0.148. The van der Waals surface area contributed by atoms with Crippen molar-refractivity contribution >= 4 is 27.6 Å². The van der Waals surface area contributed by atoms with Gasteiger partial charge in [0.25, 0.3) is 0 Å². The van der Waals surface area contributed by atoms with Crippen molar-refractivity contribution in [2.24, 2.45) is 0 Å². The van der Waals surface area contributed by atoms with Crippen LogP contribution in [0.15, 0.2) is 0 Å². The fourth-order valence-electron chi connectivity index (χ4n) is 0.619. The molecule has 0 saturated carbocycles. The van der Waals surface area contributed by atoms with E-state index in [0.29, 0.717) is 0 Å². The summed E-state index contributed by atoms with van der Waals surface area (Å²) in [5.41, 5.74) is 0. The molecule has 10 heavy (non-hydrogen) atoms. The van der Waals surface area contributed by atoms with Gasteiger partial charge in [0.05, 0.1) is 6.42 Å². The fraction of sp³-hybridized carbons (Fsp3) is 0.833. The summed E-state index contributed by atoms with van der Waals surface area (Å²) >= 11 is 0. The van der Waals surface area contributed by atoms with Crippen LogP contribution < -0.4 is 0 Å². The van der Waals surface area contributed by atoms with Crippen LogP contribution in [-0.2, 0) is 4.79 Å². The van der Waals surface area contributed by atoms with E-state index in [1.165, 1.54) is 0 Å². The minimum atomic E-state index is -0.730. The van der Waals surface area contributed by atoms with Gasteiger partial charge in [0.15, 0.2) is 0 Å². The van der Waals surface area contributed by atoms with Crippen molar-refractivity contribution in [3.05, 3.63) is 0 Å². The molecule has 0 aliphatic carbocycles. The molecule has 0 fully saturated rings. The van der Waals surface area contributed by atoms with Crippen molar-refractivity contribution in [3.63, 3.8) is 0 Å². The van der Waals surface area contributed by atoms with Crippen molar-refractivity contribution in [1.82, 2.24) is 0 Å². The van der Waals surface area contributed by atoms with Crippen LogP contribution in [0.5, 0.6) is 0 Å². The van der Waals surface area contributed by atoms with Gasteiger partial charge in [-0.3, -0.25) is 4.79 Å². The Labute approximate surface area is 69.2 Å². The third-order valence-corrected chi connectivity index (χ3v) is 3.50. The molecule has 1 N–H and O–H groups in total. The van der Waals surface area contributed by atoms with Gasteiger partial charge in [0.2, 0.25) is 0 Å². The second-order valence-corrected chi connectivity index (χ2v) is 5.69.